The number of hydrogen-bond acceptors (Lipinski definition) is 4. The van der Waals surface area contributed by atoms with Crippen molar-refractivity contribution in [1.82, 2.24) is 19.9 Å². The maximum atomic E-state index is 12.7. The highest BCUT2D eigenvalue weighted by Crippen LogP contribution is 2.29. The van der Waals surface area contributed by atoms with Gasteiger partial charge >= 0.3 is 6.18 Å². The fourth-order valence-electron chi connectivity index (χ4n) is 2.56. The number of H-pyrrole nitrogens is 1. The van der Waals surface area contributed by atoms with Crippen molar-refractivity contribution in [2.75, 3.05) is 6.54 Å². The van der Waals surface area contributed by atoms with Gasteiger partial charge in [0, 0.05) is 47.4 Å². The van der Waals surface area contributed by atoms with Gasteiger partial charge in [0.2, 0.25) is 5.82 Å². The first-order valence-corrected chi connectivity index (χ1v) is 8.54. The summed E-state index contributed by atoms with van der Waals surface area (Å²) in [6.45, 7) is 1.29. The zero-order valence-electron chi connectivity index (χ0n) is 12.1. The summed E-state index contributed by atoms with van der Waals surface area (Å²) < 4.78 is 39.8. The predicted molar refractivity (Wildman–Crippen MR) is 87.3 cm³/mol. The molecule has 2 aromatic heterocycles. The molecule has 128 valence electrons. The lowest BCUT2D eigenvalue weighted by Crippen LogP contribution is -2.36. The van der Waals surface area contributed by atoms with Crippen LogP contribution in [0.4, 0.5) is 13.2 Å². The van der Waals surface area contributed by atoms with Crippen molar-refractivity contribution in [1.29, 1.82) is 0 Å². The first-order chi connectivity index (χ1) is 11.3. The Bertz CT molecular complexity index is 817. The fourth-order valence-corrected chi connectivity index (χ4v) is 3.74. The van der Waals surface area contributed by atoms with Crippen LogP contribution >= 0.6 is 31.9 Å². The molecule has 0 radical (unpaired) electrons. The summed E-state index contributed by atoms with van der Waals surface area (Å²) in [4.78, 5) is 23.5. The van der Waals surface area contributed by atoms with E-state index in [-0.39, 0.29) is 17.8 Å². The molecule has 3 rings (SSSR count). The van der Waals surface area contributed by atoms with Gasteiger partial charge < -0.3 is 4.98 Å². The number of halogens is 5. The minimum atomic E-state index is -4.65. The third-order valence-electron chi connectivity index (χ3n) is 3.75. The van der Waals surface area contributed by atoms with E-state index >= 15 is 0 Å². The maximum absolute atomic E-state index is 12.7. The molecular weight excluding hydrogens is 457 g/mol. The minimum Gasteiger partial charge on any atom is -0.303 e. The van der Waals surface area contributed by atoms with Gasteiger partial charge in [0.15, 0.2) is 0 Å². The van der Waals surface area contributed by atoms with Crippen molar-refractivity contribution in [3.63, 3.8) is 0 Å². The summed E-state index contributed by atoms with van der Waals surface area (Å²) in [6.07, 6.45) is -1.02. The normalized spacial score (nSPS) is 15.4. The van der Waals surface area contributed by atoms with Crippen LogP contribution in [0.2, 0.25) is 0 Å². The summed E-state index contributed by atoms with van der Waals surface area (Å²) in [5, 5.41) is 0. The first-order valence-electron chi connectivity index (χ1n) is 6.95. The number of alkyl halides is 3. The van der Waals surface area contributed by atoms with Crippen molar-refractivity contribution in [3.05, 3.63) is 54.3 Å². The third-order valence-corrected chi connectivity index (χ3v) is 5.12. The van der Waals surface area contributed by atoms with Gasteiger partial charge in [-0.3, -0.25) is 14.7 Å². The standard InChI is InChI=1S/C14H11Br2F3N4O/c15-9-3-20-4-10(16)7(9)5-23-2-1-11-8(6-23)12(24)22-13(21-11)14(17,18)19/h3-4H,1-2,5-6H2,(H,21,22,24). The predicted octanol–water partition coefficient (Wildman–Crippen LogP) is 3.27. The summed E-state index contributed by atoms with van der Waals surface area (Å²) in [5.41, 5.74) is 0.736. The average Bonchev–Trinajstić information content (AvgIpc) is 2.50. The first kappa shape index (κ1) is 17.6. The highest BCUT2D eigenvalue weighted by Gasteiger charge is 2.36. The number of hydrogen-bond donors (Lipinski definition) is 1. The zero-order valence-corrected chi connectivity index (χ0v) is 15.3. The Balaban J connectivity index is 1.86. The molecule has 0 amide bonds. The molecule has 0 atom stereocenters. The van der Waals surface area contributed by atoms with E-state index in [0.29, 0.717) is 19.5 Å². The molecule has 0 bridgehead atoms. The van der Waals surface area contributed by atoms with E-state index in [1.807, 2.05) is 9.88 Å². The lowest BCUT2D eigenvalue weighted by molar-refractivity contribution is -0.145. The van der Waals surface area contributed by atoms with Gasteiger partial charge in [-0.2, -0.15) is 13.2 Å². The van der Waals surface area contributed by atoms with Crippen molar-refractivity contribution < 1.29 is 13.2 Å². The third kappa shape index (κ3) is 3.55. The van der Waals surface area contributed by atoms with Crippen molar-refractivity contribution in [3.8, 4) is 0 Å². The maximum Gasteiger partial charge on any atom is 0.449 e. The van der Waals surface area contributed by atoms with Crippen LogP contribution in [0.1, 0.15) is 22.6 Å². The molecule has 5 nitrogen and oxygen atoms in total. The van der Waals surface area contributed by atoms with Crippen LogP contribution in [0.15, 0.2) is 26.1 Å². The lowest BCUT2D eigenvalue weighted by atomic mass is 10.1. The van der Waals surface area contributed by atoms with Crippen LogP contribution in [0.5, 0.6) is 0 Å². The average molecular weight is 468 g/mol. The van der Waals surface area contributed by atoms with Gasteiger partial charge in [-0.05, 0) is 37.4 Å². The Kier molecular flexibility index (Phi) is 4.80. The van der Waals surface area contributed by atoms with Crippen LogP contribution in [0, 0.1) is 0 Å². The topological polar surface area (TPSA) is 61.9 Å². The van der Waals surface area contributed by atoms with Crippen molar-refractivity contribution >= 4 is 31.9 Å². The minimum absolute atomic E-state index is 0.218. The summed E-state index contributed by atoms with van der Waals surface area (Å²) in [5.74, 6) is -1.24. The molecule has 10 heteroatoms. The molecule has 0 aromatic carbocycles. The van der Waals surface area contributed by atoms with Crippen molar-refractivity contribution in [2.45, 2.75) is 25.7 Å². The molecule has 0 spiro atoms. The van der Waals surface area contributed by atoms with Crippen LogP contribution in [0.25, 0.3) is 0 Å². The summed E-state index contributed by atoms with van der Waals surface area (Å²) >= 11 is 6.85. The van der Waals surface area contributed by atoms with E-state index in [1.165, 1.54) is 0 Å². The lowest BCUT2D eigenvalue weighted by Gasteiger charge is -2.28. The van der Waals surface area contributed by atoms with E-state index in [4.69, 9.17) is 0 Å². The van der Waals surface area contributed by atoms with Crippen LogP contribution in [-0.4, -0.2) is 26.4 Å². The number of pyridine rings is 1. The molecule has 0 saturated heterocycles. The zero-order chi connectivity index (χ0) is 17.5. The second-order valence-electron chi connectivity index (χ2n) is 5.38. The highest BCUT2D eigenvalue weighted by atomic mass is 79.9. The number of nitrogens with zero attached hydrogens (tertiary/aromatic N) is 3. The smallest absolute Gasteiger partial charge is 0.303 e. The number of aromatic amines is 1. The van der Waals surface area contributed by atoms with E-state index in [0.717, 1.165) is 14.5 Å². The molecule has 0 fully saturated rings. The van der Waals surface area contributed by atoms with Gasteiger partial charge in [0.1, 0.15) is 0 Å². The molecule has 24 heavy (non-hydrogen) atoms. The molecule has 1 aliphatic rings. The number of nitrogens with one attached hydrogen (secondary N) is 1. The van der Waals surface area contributed by atoms with Crippen LogP contribution < -0.4 is 5.56 Å². The molecule has 3 heterocycles. The van der Waals surface area contributed by atoms with Gasteiger partial charge in [0.05, 0.1) is 11.3 Å². The largest absolute Gasteiger partial charge is 0.449 e. The van der Waals surface area contributed by atoms with E-state index in [9.17, 15) is 18.0 Å². The van der Waals surface area contributed by atoms with Crippen molar-refractivity contribution in [2.24, 2.45) is 0 Å². The number of rotatable bonds is 2. The van der Waals surface area contributed by atoms with Gasteiger partial charge in [0.25, 0.3) is 5.56 Å². The molecular formula is C14H11Br2F3N4O. The molecule has 1 N–H and O–H groups in total. The molecule has 2 aromatic rings. The molecule has 1 aliphatic heterocycles. The Morgan fingerprint density at radius 1 is 1.25 bits per heavy atom. The van der Waals surface area contributed by atoms with E-state index in [1.54, 1.807) is 12.4 Å². The Morgan fingerprint density at radius 2 is 1.92 bits per heavy atom. The van der Waals surface area contributed by atoms with Gasteiger partial charge in [-0.25, -0.2) is 4.98 Å². The Labute approximate surface area is 151 Å². The van der Waals surface area contributed by atoms with Gasteiger partial charge in [-0.1, -0.05) is 0 Å². The number of fused-ring (bicyclic) bond motifs is 1. The number of aromatic nitrogens is 3. The van der Waals surface area contributed by atoms with Crippen LogP contribution in [0.3, 0.4) is 0 Å². The Hall–Kier alpha value is -1.26. The summed E-state index contributed by atoms with van der Waals surface area (Å²) in [6, 6.07) is 0. The summed E-state index contributed by atoms with van der Waals surface area (Å²) in [7, 11) is 0. The van der Waals surface area contributed by atoms with Gasteiger partial charge in [-0.15, -0.1) is 0 Å². The fraction of sp³-hybridized carbons (Fsp3) is 0.357. The second kappa shape index (κ2) is 6.57. The SMILES string of the molecule is O=c1[nH]c(C(F)(F)F)nc2c1CN(Cc1c(Br)cncc1Br)CC2. The molecule has 0 aliphatic carbocycles. The van der Waals surface area contributed by atoms with E-state index < -0.39 is 17.6 Å². The second-order valence-corrected chi connectivity index (χ2v) is 7.09. The highest BCUT2D eigenvalue weighted by molar-refractivity contribution is 9.11. The quantitative estimate of drug-likeness (QED) is 0.736. The van der Waals surface area contributed by atoms with E-state index in [2.05, 4.69) is 41.8 Å². The monoisotopic (exact) mass is 466 g/mol. The molecule has 0 saturated carbocycles. The van der Waals surface area contributed by atoms with Crippen LogP contribution in [-0.2, 0) is 25.7 Å². The molecule has 0 unspecified atom stereocenters. The Morgan fingerprint density at radius 3 is 2.54 bits per heavy atom.